The summed E-state index contributed by atoms with van der Waals surface area (Å²) in [4.78, 5) is 0. The zero-order valence-electron chi connectivity index (χ0n) is 11.2. The van der Waals surface area contributed by atoms with E-state index in [4.69, 9.17) is 0 Å². The Kier molecular flexibility index (Phi) is 4.15. The lowest BCUT2D eigenvalue weighted by Gasteiger charge is -2.19. The summed E-state index contributed by atoms with van der Waals surface area (Å²) in [5, 5.41) is 11.9. The second-order valence-corrected chi connectivity index (χ2v) is 5.19. The number of hydrogen-bond donors (Lipinski definition) is 1. The van der Waals surface area contributed by atoms with E-state index in [9.17, 15) is 0 Å². The molecule has 1 aromatic heterocycles. The molecule has 0 bridgehead atoms. The topological polar surface area (TPSA) is 42.7 Å². The van der Waals surface area contributed by atoms with Gasteiger partial charge in [-0.25, -0.2) is 4.68 Å². The van der Waals surface area contributed by atoms with Gasteiger partial charge in [-0.2, -0.15) is 0 Å². The Hall–Kier alpha value is -0.900. The van der Waals surface area contributed by atoms with Gasteiger partial charge in [0, 0.05) is 6.54 Å². The summed E-state index contributed by atoms with van der Waals surface area (Å²) in [6.07, 6.45) is 5.55. The number of aryl methyl sites for hydroxylation is 1. The van der Waals surface area contributed by atoms with Gasteiger partial charge in [-0.15, -0.1) is 5.10 Å². The van der Waals surface area contributed by atoms with E-state index < -0.39 is 0 Å². The van der Waals surface area contributed by atoms with E-state index in [0.717, 1.165) is 31.3 Å². The zero-order valence-corrected chi connectivity index (χ0v) is 11.2. The Balaban J connectivity index is 2.10. The molecule has 0 amide bonds. The summed E-state index contributed by atoms with van der Waals surface area (Å²) in [5.41, 5.74) is 1.27. The highest BCUT2D eigenvalue weighted by Crippen LogP contribution is 2.46. The molecule has 1 aliphatic carbocycles. The van der Waals surface area contributed by atoms with Gasteiger partial charge in [-0.3, -0.25) is 0 Å². The van der Waals surface area contributed by atoms with Gasteiger partial charge in [0.2, 0.25) is 0 Å². The molecule has 4 nitrogen and oxygen atoms in total. The van der Waals surface area contributed by atoms with E-state index in [1.807, 2.05) is 6.20 Å². The lowest BCUT2D eigenvalue weighted by Crippen LogP contribution is -2.27. The van der Waals surface area contributed by atoms with Gasteiger partial charge < -0.3 is 5.32 Å². The Morgan fingerprint density at radius 1 is 1.47 bits per heavy atom. The molecule has 1 aromatic rings. The Bertz CT molecular complexity index is 347. The summed E-state index contributed by atoms with van der Waals surface area (Å²) < 4.78 is 2.07. The smallest absolute Gasteiger partial charge is 0.0759 e. The third-order valence-corrected chi connectivity index (χ3v) is 3.62. The quantitative estimate of drug-likeness (QED) is 0.790. The number of nitrogens with zero attached hydrogens (tertiary/aromatic N) is 3. The highest BCUT2D eigenvalue weighted by atomic mass is 15.4. The molecule has 4 heteroatoms. The Labute approximate surface area is 104 Å². The monoisotopic (exact) mass is 236 g/mol. The molecule has 3 unspecified atom stereocenters. The zero-order chi connectivity index (χ0) is 12.3. The molecule has 0 spiro atoms. The summed E-state index contributed by atoms with van der Waals surface area (Å²) in [6, 6.07) is 0.450. The molecule has 1 heterocycles. The number of nitrogens with one attached hydrogen (secondary N) is 1. The Morgan fingerprint density at radius 3 is 2.82 bits per heavy atom. The van der Waals surface area contributed by atoms with Gasteiger partial charge in [-0.05, 0) is 37.6 Å². The molecule has 17 heavy (non-hydrogen) atoms. The van der Waals surface area contributed by atoms with Crippen LogP contribution in [-0.2, 0) is 6.54 Å². The molecule has 1 saturated carbocycles. The van der Waals surface area contributed by atoms with Crippen LogP contribution in [0.4, 0.5) is 0 Å². The summed E-state index contributed by atoms with van der Waals surface area (Å²) >= 11 is 0. The molecule has 1 aliphatic rings. The second kappa shape index (κ2) is 5.63. The average Bonchev–Trinajstić information content (AvgIpc) is 2.86. The van der Waals surface area contributed by atoms with E-state index in [1.165, 1.54) is 18.5 Å². The van der Waals surface area contributed by atoms with Crippen LogP contribution in [0, 0.1) is 11.8 Å². The summed E-state index contributed by atoms with van der Waals surface area (Å²) in [6.45, 7) is 8.77. The van der Waals surface area contributed by atoms with Crippen molar-refractivity contribution < 1.29 is 0 Å². The molecular weight excluding hydrogens is 212 g/mol. The van der Waals surface area contributed by atoms with Crippen LogP contribution in [0.5, 0.6) is 0 Å². The van der Waals surface area contributed by atoms with E-state index in [1.54, 1.807) is 0 Å². The first-order chi connectivity index (χ1) is 8.27. The van der Waals surface area contributed by atoms with Crippen LogP contribution in [-0.4, -0.2) is 21.5 Å². The van der Waals surface area contributed by atoms with Crippen molar-refractivity contribution in [2.75, 3.05) is 6.54 Å². The molecule has 1 fully saturated rings. The van der Waals surface area contributed by atoms with Gasteiger partial charge in [0.25, 0.3) is 0 Å². The van der Waals surface area contributed by atoms with Crippen LogP contribution in [0.1, 0.15) is 51.8 Å². The first-order valence-corrected chi connectivity index (χ1v) is 6.89. The maximum Gasteiger partial charge on any atom is 0.0759 e. The first kappa shape index (κ1) is 12.6. The predicted octanol–water partition coefficient (Wildman–Crippen LogP) is 2.38. The van der Waals surface area contributed by atoms with Gasteiger partial charge >= 0.3 is 0 Å². The fourth-order valence-corrected chi connectivity index (χ4v) is 2.48. The fraction of sp³-hybridized carbons (Fsp3) is 0.846. The predicted molar refractivity (Wildman–Crippen MR) is 68.6 cm³/mol. The van der Waals surface area contributed by atoms with E-state index in [-0.39, 0.29) is 0 Å². The highest BCUT2D eigenvalue weighted by Gasteiger charge is 2.41. The first-order valence-electron chi connectivity index (χ1n) is 6.89. The summed E-state index contributed by atoms with van der Waals surface area (Å²) in [7, 11) is 0. The molecule has 3 atom stereocenters. The molecular formula is C13H24N4. The Morgan fingerprint density at radius 2 is 2.24 bits per heavy atom. The van der Waals surface area contributed by atoms with E-state index in [0.29, 0.717) is 6.04 Å². The summed E-state index contributed by atoms with van der Waals surface area (Å²) in [5.74, 6) is 1.62. The maximum atomic E-state index is 4.20. The number of hydrogen-bond acceptors (Lipinski definition) is 3. The van der Waals surface area contributed by atoms with Crippen molar-refractivity contribution in [2.45, 2.75) is 52.6 Å². The molecule has 96 valence electrons. The third-order valence-electron chi connectivity index (χ3n) is 3.62. The normalized spacial score (nSPS) is 24.9. The van der Waals surface area contributed by atoms with Crippen LogP contribution in [0.15, 0.2) is 6.20 Å². The molecule has 0 radical (unpaired) electrons. The SMILES string of the molecule is CCCNC(c1cnnn1CCC)C1CC1C. The van der Waals surface area contributed by atoms with Crippen molar-refractivity contribution in [1.29, 1.82) is 0 Å². The van der Waals surface area contributed by atoms with Crippen LogP contribution in [0.2, 0.25) is 0 Å². The maximum absolute atomic E-state index is 4.20. The second-order valence-electron chi connectivity index (χ2n) is 5.19. The van der Waals surface area contributed by atoms with Crippen molar-refractivity contribution in [1.82, 2.24) is 20.3 Å². The molecule has 1 N–H and O–H groups in total. The minimum absolute atomic E-state index is 0.450. The standard InChI is InChI=1S/C13H24N4/c1-4-6-14-13(11-8-10(11)3)12-9-15-16-17(12)7-5-2/h9-11,13-14H,4-8H2,1-3H3. The van der Waals surface area contributed by atoms with Crippen LogP contribution in [0.3, 0.4) is 0 Å². The van der Waals surface area contributed by atoms with Crippen molar-refractivity contribution in [3.63, 3.8) is 0 Å². The van der Waals surface area contributed by atoms with Gasteiger partial charge in [0.15, 0.2) is 0 Å². The lowest BCUT2D eigenvalue weighted by atomic mass is 10.1. The minimum Gasteiger partial charge on any atom is -0.308 e. The average molecular weight is 236 g/mol. The van der Waals surface area contributed by atoms with Crippen molar-refractivity contribution in [3.8, 4) is 0 Å². The van der Waals surface area contributed by atoms with E-state index in [2.05, 4.69) is 41.1 Å². The van der Waals surface area contributed by atoms with Crippen LogP contribution in [0.25, 0.3) is 0 Å². The molecule has 0 saturated heterocycles. The van der Waals surface area contributed by atoms with Gasteiger partial charge in [-0.1, -0.05) is 26.0 Å². The third kappa shape index (κ3) is 2.86. The molecule has 0 aliphatic heterocycles. The number of aromatic nitrogens is 3. The fourth-order valence-electron chi connectivity index (χ4n) is 2.48. The minimum atomic E-state index is 0.450. The van der Waals surface area contributed by atoms with Gasteiger partial charge in [0.1, 0.15) is 0 Å². The molecule has 0 aromatic carbocycles. The van der Waals surface area contributed by atoms with Crippen molar-refractivity contribution >= 4 is 0 Å². The van der Waals surface area contributed by atoms with Crippen LogP contribution < -0.4 is 5.32 Å². The van der Waals surface area contributed by atoms with Crippen molar-refractivity contribution in [3.05, 3.63) is 11.9 Å². The van der Waals surface area contributed by atoms with Crippen LogP contribution >= 0.6 is 0 Å². The molecule has 2 rings (SSSR count). The van der Waals surface area contributed by atoms with Gasteiger partial charge in [0.05, 0.1) is 17.9 Å². The number of rotatable bonds is 7. The van der Waals surface area contributed by atoms with E-state index >= 15 is 0 Å². The highest BCUT2D eigenvalue weighted by molar-refractivity contribution is 5.09. The largest absolute Gasteiger partial charge is 0.308 e. The lowest BCUT2D eigenvalue weighted by molar-refractivity contribution is 0.419. The van der Waals surface area contributed by atoms with Crippen molar-refractivity contribution in [2.24, 2.45) is 11.8 Å².